The molecule has 1 amide bonds. The summed E-state index contributed by atoms with van der Waals surface area (Å²) in [4.78, 5) is 23.3. The van der Waals surface area contributed by atoms with Crippen LogP contribution in [0.3, 0.4) is 0 Å². The zero-order valence-electron chi connectivity index (χ0n) is 21.6. The number of benzene rings is 3. The molecular formula is C31H34N2O4. The van der Waals surface area contributed by atoms with Crippen molar-refractivity contribution < 1.29 is 19.4 Å². The predicted octanol–water partition coefficient (Wildman–Crippen LogP) is 6.11. The number of rotatable bonds is 11. The molecule has 1 aromatic heterocycles. The first-order valence-corrected chi connectivity index (χ1v) is 12.7. The van der Waals surface area contributed by atoms with Crippen LogP contribution in [0.15, 0.2) is 79.0 Å². The van der Waals surface area contributed by atoms with Crippen LogP contribution in [0, 0.1) is 0 Å². The van der Waals surface area contributed by atoms with Gasteiger partial charge in [-0.25, -0.2) is 0 Å². The number of carbonyl (C=O) groups is 2. The van der Waals surface area contributed by atoms with E-state index in [0.29, 0.717) is 5.56 Å². The number of ether oxygens (including phenoxy) is 1. The Balaban J connectivity index is 1.74. The average molecular weight is 499 g/mol. The third-order valence-electron chi connectivity index (χ3n) is 6.97. The molecule has 1 heterocycles. The fourth-order valence-electron chi connectivity index (χ4n) is 5.16. The maximum absolute atomic E-state index is 12.5. The van der Waals surface area contributed by atoms with Gasteiger partial charge in [0.2, 0.25) is 0 Å². The van der Waals surface area contributed by atoms with Gasteiger partial charge in [-0.3, -0.25) is 9.59 Å². The number of hydrogen-bond donors (Lipinski definition) is 2. The third-order valence-corrected chi connectivity index (χ3v) is 6.97. The number of carbonyl (C=O) groups excluding carboxylic acids is 1. The molecule has 37 heavy (non-hydrogen) atoms. The molecule has 3 aromatic carbocycles. The molecule has 4 rings (SSSR count). The Bertz CT molecular complexity index is 1360. The standard InChI is InChI=1S/C31H34N2O4/c1-4-7-25(21-10-12-23(13-11-21)31(36)32-19-18-29(34)35)30(22-14-16-24(37-3)17-15-22)27-20-33(2)28-9-6-5-8-26(27)28/h5-6,8-17,20,25,30H,4,7,18-19H2,1-3H3,(H,32,36)(H,34,35). The summed E-state index contributed by atoms with van der Waals surface area (Å²) in [6.45, 7) is 2.31. The monoisotopic (exact) mass is 498 g/mol. The van der Waals surface area contributed by atoms with Crippen molar-refractivity contribution in [3.8, 4) is 5.75 Å². The van der Waals surface area contributed by atoms with Crippen LogP contribution in [0.1, 0.15) is 65.1 Å². The molecule has 2 N–H and O–H groups in total. The first kappa shape index (κ1) is 26.0. The molecule has 0 aliphatic rings. The molecule has 0 spiro atoms. The summed E-state index contributed by atoms with van der Waals surface area (Å²) in [5, 5.41) is 12.7. The summed E-state index contributed by atoms with van der Waals surface area (Å²) in [5.41, 5.74) is 5.37. The van der Waals surface area contributed by atoms with E-state index in [1.54, 1.807) is 7.11 Å². The second-order valence-electron chi connectivity index (χ2n) is 9.38. The van der Waals surface area contributed by atoms with E-state index in [4.69, 9.17) is 9.84 Å². The SMILES string of the molecule is CCCC(c1ccc(C(=O)NCCC(=O)O)cc1)C(c1ccc(OC)cc1)c1cn(C)c2ccccc12. The van der Waals surface area contributed by atoms with E-state index in [2.05, 4.69) is 66.5 Å². The van der Waals surface area contributed by atoms with Crippen LogP contribution in [-0.4, -0.2) is 35.2 Å². The van der Waals surface area contributed by atoms with E-state index >= 15 is 0 Å². The Morgan fingerprint density at radius 3 is 2.30 bits per heavy atom. The molecule has 0 bridgehead atoms. The normalized spacial score (nSPS) is 12.7. The molecule has 0 saturated carbocycles. The van der Waals surface area contributed by atoms with Gasteiger partial charge in [-0.1, -0.05) is 55.8 Å². The lowest BCUT2D eigenvalue weighted by Crippen LogP contribution is -2.26. The Morgan fingerprint density at radius 1 is 0.973 bits per heavy atom. The number of aliphatic carboxylic acids is 1. The smallest absolute Gasteiger partial charge is 0.305 e. The second kappa shape index (κ2) is 11.8. The van der Waals surface area contributed by atoms with Gasteiger partial charge in [0.1, 0.15) is 5.75 Å². The Hall–Kier alpha value is -4.06. The average Bonchev–Trinajstić information content (AvgIpc) is 3.24. The minimum atomic E-state index is -0.934. The molecule has 0 saturated heterocycles. The molecule has 0 aliphatic heterocycles. The number of amides is 1. The number of aromatic nitrogens is 1. The van der Waals surface area contributed by atoms with Crippen molar-refractivity contribution in [2.75, 3.05) is 13.7 Å². The highest BCUT2D eigenvalue weighted by Gasteiger charge is 2.29. The van der Waals surface area contributed by atoms with Crippen molar-refractivity contribution in [3.63, 3.8) is 0 Å². The van der Waals surface area contributed by atoms with Gasteiger partial charge in [0.15, 0.2) is 0 Å². The Labute approximate surface area is 217 Å². The summed E-state index contributed by atoms with van der Waals surface area (Å²) < 4.78 is 7.61. The highest BCUT2D eigenvalue weighted by atomic mass is 16.5. The Morgan fingerprint density at radius 2 is 1.65 bits per heavy atom. The fourth-order valence-corrected chi connectivity index (χ4v) is 5.16. The first-order valence-electron chi connectivity index (χ1n) is 12.7. The number of fused-ring (bicyclic) bond motifs is 1. The molecule has 2 atom stereocenters. The van der Waals surface area contributed by atoms with Crippen molar-refractivity contribution in [2.24, 2.45) is 7.05 Å². The van der Waals surface area contributed by atoms with Crippen LogP contribution in [0.2, 0.25) is 0 Å². The summed E-state index contributed by atoms with van der Waals surface area (Å²) in [7, 11) is 3.76. The zero-order chi connectivity index (χ0) is 26.4. The quantitative estimate of drug-likeness (QED) is 0.262. The van der Waals surface area contributed by atoms with Gasteiger partial charge in [0.25, 0.3) is 5.91 Å². The lowest BCUT2D eigenvalue weighted by atomic mass is 9.75. The fraction of sp³-hybridized carbons (Fsp3) is 0.290. The number of hydrogen-bond acceptors (Lipinski definition) is 3. The van der Waals surface area contributed by atoms with Crippen molar-refractivity contribution in [2.45, 2.75) is 38.0 Å². The Kier molecular flexibility index (Phi) is 8.29. The highest BCUT2D eigenvalue weighted by molar-refractivity contribution is 5.94. The van der Waals surface area contributed by atoms with Gasteiger partial charge < -0.3 is 19.7 Å². The minimum Gasteiger partial charge on any atom is -0.497 e. The van der Waals surface area contributed by atoms with E-state index in [1.807, 2.05) is 36.4 Å². The van der Waals surface area contributed by atoms with E-state index in [-0.39, 0.29) is 30.7 Å². The minimum absolute atomic E-state index is 0.100. The van der Waals surface area contributed by atoms with E-state index < -0.39 is 5.97 Å². The van der Waals surface area contributed by atoms with E-state index in [9.17, 15) is 9.59 Å². The maximum Gasteiger partial charge on any atom is 0.305 e. The lowest BCUT2D eigenvalue weighted by molar-refractivity contribution is -0.136. The predicted molar refractivity (Wildman–Crippen MR) is 146 cm³/mol. The number of carboxylic acid groups (broad SMARTS) is 1. The largest absolute Gasteiger partial charge is 0.497 e. The second-order valence-corrected chi connectivity index (χ2v) is 9.38. The summed E-state index contributed by atoms with van der Waals surface area (Å²) in [5.74, 6) is -0.0806. The van der Waals surface area contributed by atoms with E-state index in [1.165, 1.54) is 22.0 Å². The molecule has 0 radical (unpaired) electrons. The first-order chi connectivity index (χ1) is 17.9. The van der Waals surface area contributed by atoms with Crippen LogP contribution < -0.4 is 10.1 Å². The van der Waals surface area contributed by atoms with Crippen LogP contribution in [0.4, 0.5) is 0 Å². The molecule has 6 nitrogen and oxygen atoms in total. The highest BCUT2D eigenvalue weighted by Crippen LogP contribution is 2.44. The van der Waals surface area contributed by atoms with Crippen LogP contribution in [0.25, 0.3) is 10.9 Å². The van der Waals surface area contributed by atoms with Gasteiger partial charge in [-0.15, -0.1) is 0 Å². The molecule has 0 aliphatic carbocycles. The number of carboxylic acids is 1. The number of methoxy groups -OCH3 is 1. The zero-order valence-corrected chi connectivity index (χ0v) is 21.6. The molecule has 2 unspecified atom stereocenters. The van der Waals surface area contributed by atoms with Gasteiger partial charge in [0, 0.05) is 42.2 Å². The van der Waals surface area contributed by atoms with Gasteiger partial charge in [0.05, 0.1) is 13.5 Å². The van der Waals surface area contributed by atoms with Gasteiger partial charge in [-0.05, 0) is 59.4 Å². The summed E-state index contributed by atoms with van der Waals surface area (Å²) in [6, 6.07) is 24.6. The van der Waals surface area contributed by atoms with Crippen molar-refractivity contribution in [3.05, 3.63) is 101 Å². The van der Waals surface area contributed by atoms with Crippen LogP contribution >= 0.6 is 0 Å². The number of aryl methyl sites for hydroxylation is 1. The van der Waals surface area contributed by atoms with Crippen LogP contribution in [-0.2, 0) is 11.8 Å². The molecule has 192 valence electrons. The molecule has 4 aromatic rings. The van der Waals surface area contributed by atoms with Gasteiger partial charge in [-0.2, -0.15) is 0 Å². The number of nitrogens with zero attached hydrogens (tertiary/aromatic N) is 1. The third kappa shape index (κ3) is 5.85. The number of para-hydroxylation sites is 1. The molecule has 0 fully saturated rings. The molecular weight excluding hydrogens is 464 g/mol. The maximum atomic E-state index is 12.5. The van der Waals surface area contributed by atoms with Crippen molar-refractivity contribution in [1.82, 2.24) is 9.88 Å². The van der Waals surface area contributed by atoms with Crippen LogP contribution in [0.5, 0.6) is 5.75 Å². The van der Waals surface area contributed by atoms with E-state index in [0.717, 1.165) is 24.2 Å². The van der Waals surface area contributed by atoms with Crippen molar-refractivity contribution >= 4 is 22.8 Å². The van der Waals surface area contributed by atoms with Crippen molar-refractivity contribution in [1.29, 1.82) is 0 Å². The summed E-state index contributed by atoms with van der Waals surface area (Å²) in [6.07, 6.45) is 4.13. The molecule has 6 heteroatoms. The summed E-state index contributed by atoms with van der Waals surface area (Å²) >= 11 is 0. The van der Waals surface area contributed by atoms with Gasteiger partial charge >= 0.3 is 5.97 Å². The lowest BCUT2D eigenvalue weighted by Gasteiger charge is -2.28. The topological polar surface area (TPSA) is 80.6 Å². The number of nitrogens with one attached hydrogen (secondary N) is 1.